The summed E-state index contributed by atoms with van der Waals surface area (Å²) in [7, 11) is 0. The maximum absolute atomic E-state index is 11.8. The molecule has 3 rings (SSSR count). The third-order valence-electron chi connectivity index (χ3n) is 3.30. The molecule has 5 nitrogen and oxygen atoms in total. The Kier molecular flexibility index (Phi) is 6.23. The molecule has 8 heteroatoms. The second-order valence-corrected chi connectivity index (χ2v) is 7.42. The Morgan fingerprint density at radius 1 is 1.28 bits per heavy atom. The van der Waals surface area contributed by atoms with Gasteiger partial charge in [-0.05, 0) is 45.8 Å². The van der Waals surface area contributed by atoms with Crippen LogP contribution >= 0.6 is 39.3 Å². The monoisotopic (exact) mass is 440 g/mol. The van der Waals surface area contributed by atoms with E-state index in [1.54, 1.807) is 12.3 Å². The van der Waals surface area contributed by atoms with Crippen molar-refractivity contribution < 1.29 is 14.3 Å². The van der Waals surface area contributed by atoms with Gasteiger partial charge in [0, 0.05) is 20.8 Å². The van der Waals surface area contributed by atoms with Crippen LogP contribution in [0.2, 0.25) is 5.02 Å². The van der Waals surface area contributed by atoms with E-state index in [1.165, 1.54) is 11.8 Å². The molecule has 0 spiro atoms. The van der Waals surface area contributed by atoms with E-state index >= 15 is 0 Å². The van der Waals surface area contributed by atoms with Crippen LogP contribution in [0.4, 0.5) is 0 Å². The molecular formula is C17H14BrClN2O3S. The Balaban J connectivity index is 1.46. The van der Waals surface area contributed by atoms with Gasteiger partial charge in [-0.15, -0.1) is 11.8 Å². The van der Waals surface area contributed by atoms with Gasteiger partial charge in [0.05, 0.1) is 12.0 Å². The molecule has 1 aliphatic rings. The van der Waals surface area contributed by atoms with Crippen LogP contribution in [-0.2, 0) is 10.5 Å². The minimum atomic E-state index is -0.160. The minimum absolute atomic E-state index is 0.160. The SMILES string of the molecule is O=C(CSCc1ccc(Cl)cc1)N/N=C/c1cc2c(cc1Br)OCO2. The lowest BCUT2D eigenvalue weighted by Gasteiger charge is -2.03. The third kappa shape index (κ3) is 5.14. The van der Waals surface area contributed by atoms with Gasteiger partial charge in [-0.2, -0.15) is 5.10 Å². The number of nitrogens with one attached hydrogen (secondary N) is 1. The molecule has 0 aromatic heterocycles. The van der Waals surface area contributed by atoms with Crippen molar-refractivity contribution in [1.29, 1.82) is 0 Å². The number of halogens is 2. The van der Waals surface area contributed by atoms with Crippen molar-refractivity contribution >= 4 is 51.4 Å². The zero-order chi connectivity index (χ0) is 17.6. The van der Waals surface area contributed by atoms with Gasteiger partial charge in [-0.3, -0.25) is 4.79 Å². The fourth-order valence-corrected chi connectivity index (χ4v) is 3.41. The number of carbonyl (C=O) groups excluding carboxylic acids is 1. The molecule has 0 atom stereocenters. The summed E-state index contributed by atoms with van der Waals surface area (Å²) in [4.78, 5) is 11.8. The van der Waals surface area contributed by atoms with Crippen molar-refractivity contribution in [3.05, 3.63) is 57.0 Å². The predicted molar refractivity (Wildman–Crippen MR) is 104 cm³/mol. The summed E-state index contributed by atoms with van der Waals surface area (Å²) >= 11 is 10.8. The number of amides is 1. The van der Waals surface area contributed by atoms with E-state index in [0.29, 0.717) is 22.3 Å². The van der Waals surface area contributed by atoms with Gasteiger partial charge in [0.15, 0.2) is 11.5 Å². The number of fused-ring (bicyclic) bond motifs is 1. The zero-order valence-electron chi connectivity index (χ0n) is 13.0. The molecular weight excluding hydrogens is 428 g/mol. The summed E-state index contributed by atoms with van der Waals surface area (Å²) in [5.74, 6) is 2.25. The topological polar surface area (TPSA) is 59.9 Å². The maximum Gasteiger partial charge on any atom is 0.250 e. The molecule has 1 amide bonds. The summed E-state index contributed by atoms with van der Waals surface area (Å²) in [6.45, 7) is 0.212. The highest BCUT2D eigenvalue weighted by Gasteiger charge is 2.15. The normalized spacial score (nSPS) is 12.6. The Bertz CT molecular complexity index is 799. The molecule has 130 valence electrons. The quantitative estimate of drug-likeness (QED) is 0.539. The van der Waals surface area contributed by atoms with Crippen molar-refractivity contribution in [2.24, 2.45) is 5.10 Å². The van der Waals surface area contributed by atoms with Gasteiger partial charge >= 0.3 is 0 Å². The molecule has 1 aliphatic heterocycles. The second kappa shape index (κ2) is 8.60. The highest BCUT2D eigenvalue weighted by atomic mass is 79.9. The van der Waals surface area contributed by atoms with Crippen molar-refractivity contribution in [2.75, 3.05) is 12.5 Å². The number of nitrogens with zero attached hydrogens (tertiary/aromatic N) is 1. The summed E-state index contributed by atoms with van der Waals surface area (Å²) in [5, 5.41) is 4.69. The van der Waals surface area contributed by atoms with E-state index in [0.717, 1.165) is 21.4 Å². The number of hydrogen-bond acceptors (Lipinski definition) is 5. The van der Waals surface area contributed by atoms with E-state index < -0.39 is 0 Å². The van der Waals surface area contributed by atoms with Crippen molar-refractivity contribution in [3.8, 4) is 11.5 Å². The molecule has 0 saturated heterocycles. The molecule has 0 aliphatic carbocycles. The van der Waals surface area contributed by atoms with Gasteiger partial charge < -0.3 is 9.47 Å². The molecule has 25 heavy (non-hydrogen) atoms. The average molecular weight is 442 g/mol. The van der Waals surface area contributed by atoms with Crippen molar-refractivity contribution in [1.82, 2.24) is 5.43 Å². The van der Waals surface area contributed by atoms with E-state index in [-0.39, 0.29) is 12.7 Å². The van der Waals surface area contributed by atoms with Gasteiger partial charge in [-0.1, -0.05) is 23.7 Å². The Labute approximate surface area is 162 Å². The third-order valence-corrected chi connectivity index (χ3v) is 5.24. The molecule has 0 unspecified atom stereocenters. The molecule has 0 fully saturated rings. The molecule has 1 heterocycles. The lowest BCUT2D eigenvalue weighted by Crippen LogP contribution is -2.19. The standard InChI is InChI=1S/C17H14BrClN2O3S/c18-14-6-16-15(23-10-24-16)5-12(14)7-20-21-17(22)9-25-8-11-1-3-13(19)4-2-11/h1-7H,8-10H2,(H,21,22)/b20-7+. The van der Waals surface area contributed by atoms with E-state index in [9.17, 15) is 4.79 Å². The fraction of sp³-hybridized carbons (Fsp3) is 0.176. The van der Waals surface area contributed by atoms with Gasteiger partial charge in [0.1, 0.15) is 0 Å². The Morgan fingerprint density at radius 2 is 2.00 bits per heavy atom. The predicted octanol–water partition coefficient (Wildman–Crippen LogP) is 4.21. The Morgan fingerprint density at radius 3 is 2.76 bits per heavy atom. The summed E-state index contributed by atoms with van der Waals surface area (Å²) < 4.78 is 11.4. The van der Waals surface area contributed by atoms with Crippen LogP contribution in [0.3, 0.4) is 0 Å². The second-order valence-electron chi connectivity index (χ2n) is 5.14. The van der Waals surface area contributed by atoms with Crippen molar-refractivity contribution in [3.63, 3.8) is 0 Å². The number of carbonyl (C=O) groups is 1. The first-order valence-corrected chi connectivity index (χ1v) is 9.67. The lowest BCUT2D eigenvalue weighted by atomic mass is 10.2. The molecule has 0 saturated carbocycles. The smallest absolute Gasteiger partial charge is 0.250 e. The van der Waals surface area contributed by atoms with Crippen LogP contribution in [0.1, 0.15) is 11.1 Å². The van der Waals surface area contributed by atoms with Crippen LogP contribution in [0.15, 0.2) is 46.0 Å². The van der Waals surface area contributed by atoms with Crippen LogP contribution in [0.5, 0.6) is 11.5 Å². The molecule has 2 aromatic rings. The first-order chi connectivity index (χ1) is 12.1. The number of hydrazone groups is 1. The first kappa shape index (κ1) is 18.1. The van der Waals surface area contributed by atoms with Gasteiger partial charge in [0.2, 0.25) is 12.7 Å². The van der Waals surface area contributed by atoms with Crippen molar-refractivity contribution in [2.45, 2.75) is 5.75 Å². The minimum Gasteiger partial charge on any atom is -0.454 e. The average Bonchev–Trinajstić information content (AvgIpc) is 3.04. The largest absolute Gasteiger partial charge is 0.454 e. The number of benzene rings is 2. The number of ether oxygens (including phenoxy) is 2. The first-order valence-electron chi connectivity index (χ1n) is 7.35. The summed E-state index contributed by atoms with van der Waals surface area (Å²) in [5.41, 5.74) is 4.43. The molecule has 0 radical (unpaired) electrons. The number of hydrogen-bond donors (Lipinski definition) is 1. The van der Waals surface area contributed by atoms with Crippen LogP contribution in [-0.4, -0.2) is 24.7 Å². The van der Waals surface area contributed by atoms with Crippen LogP contribution < -0.4 is 14.9 Å². The molecule has 1 N–H and O–H groups in total. The fourth-order valence-electron chi connectivity index (χ4n) is 2.08. The highest BCUT2D eigenvalue weighted by molar-refractivity contribution is 9.10. The molecule has 0 bridgehead atoms. The highest BCUT2D eigenvalue weighted by Crippen LogP contribution is 2.36. The zero-order valence-corrected chi connectivity index (χ0v) is 16.2. The number of thioether (sulfide) groups is 1. The molecule has 2 aromatic carbocycles. The van der Waals surface area contributed by atoms with Gasteiger partial charge in [0.25, 0.3) is 0 Å². The maximum atomic E-state index is 11.8. The van der Waals surface area contributed by atoms with Gasteiger partial charge in [-0.25, -0.2) is 5.43 Å². The van der Waals surface area contributed by atoms with E-state index in [4.69, 9.17) is 21.1 Å². The van der Waals surface area contributed by atoms with E-state index in [2.05, 4.69) is 26.5 Å². The summed E-state index contributed by atoms with van der Waals surface area (Å²) in [6, 6.07) is 11.2. The van der Waals surface area contributed by atoms with Crippen LogP contribution in [0, 0.1) is 0 Å². The lowest BCUT2D eigenvalue weighted by molar-refractivity contribution is -0.118. The summed E-state index contributed by atoms with van der Waals surface area (Å²) in [6.07, 6.45) is 1.56. The van der Waals surface area contributed by atoms with E-state index in [1.807, 2.05) is 30.3 Å². The Hall–Kier alpha value is -1.70. The number of rotatable bonds is 6. The van der Waals surface area contributed by atoms with Crippen LogP contribution in [0.25, 0.3) is 0 Å².